The Morgan fingerprint density at radius 3 is 2.27 bits per heavy atom. The molecule has 0 unspecified atom stereocenters. The number of allylic oxidation sites excluding steroid dienone is 1. The van der Waals surface area contributed by atoms with Crippen LogP contribution < -0.4 is 0 Å². The molecule has 1 aromatic carbocycles. The molecule has 0 spiro atoms. The van der Waals surface area contributed by atoms with E-state index in [2.05, 4.69) is 37.8 Å². The maximum atomic E-state index is 5.42. The van der Waals surface area contributed by atoms with Gasteiger partial charge < -0.3 is 4.74 Å². The summed E-state index contributed by atoms with van der Waals surface area (Å²) >= 11 is 0. The molecule has 0 atom stereocenters. The minimum atomic E-state index is -1.03. The van der Waals surface area contributed by atoms with Gasteiger partial charge in [0.05, 0.1) is 7.11 Å². The van der Waals surface area contributed by atoms with E-state index in [1.54, 1.807) is 7.11 Å². The van der Waals surface area contributed by atoms with Gasteiger partial charge >= 0.3 is 0 Å². The Morgan fingerprint density at radius 2 is 1.80 bits per heavy atom. The van der Waals surface area contributed by atoms with E-state index >= 15 is 0 Å². The van der Waals surface area contributed by atoms with E-state index in [1.165, 1.54) is 5.56 Å². The van der Waals surface area contributed by atoms with E-state index in [-0.39, 0.29) is 0 Å². The predicted octanol–water partition coefficient (Wildman–Crippen LogP) is 4.01. The van der Waals surface area contributed by atoms with Gasteiger partial charge in [-0.25, -0.2) is 0 Å². The third kappa shape index (κ3) is 4.34. The van der Waals surface area contributed by atoms with Crippen molar-refractivity contribution in [3.63, 3.8) is 0 Å². The standard InChI is InChI=1S/C13H20OSi/c1-14-13(10-11-15(2,3)4)12-8-6-5-7-9-12/h5-10H,11H2,1-4H3/b13-10+. The third-order valence-electron chi connectivity index (χ3n) is 2.18. The van der Waals surface area contributed by atoms with E-state index in [1.807, 2.05) is 18.2 Å². The number of hydrogen-bond acceptors (Lipinski definition) is 1. The summed E-state index contributed by atoms with van der Waals surface area (Å²) in [4.78, 5) is 0. The van der Waals surface area contributed by atoms with Crippen molar-refractivity contribution in [1.29, 1.82) is 0 Å². The summed E-state index contributed by atoms with van der Waals surface area (Å²) in [5.41, 5.74) is 1.17. The van der Waals surface area contributed by atoms with Gasteiger partial charge in [-0.3, -0.25) is 0 Å². The number of hydrogen-bond donors (Lipinski definition) is 0. The van der Waals surface area contributed by atoms with Gasteiger partial charge in [-0.1, -0.05) is 50.0 Å². The first-order chi connectivity index (χ1) is 7.03. The number of methoxy groups -OCH3 is 1. The molecule has 0 radical (unpaired) electrons. The normalized spacial score (nSPS) is 12.7. The van der Waals surface area contributed by atoms with Crippen molar-refractivity contribution in [3.05, 3.63) is 42.0 Å². The second kappa shape index (κ2) is 5.17. The molecule has 0 aliphatic carbocycles. The molecule has 1 rings (SSSR count). The van der Waals surface area contributed by atoms with Crippen LogP contribution in [0.1, 0.15) is 5.56 Å². The molecule has 1 nitrogen and oxygen atoms in total. The maximum absolute atomic E-state index is 5.42. The smallest absolute Gasteiger partial charge is 0.121 e. The van der Waals surface area contributed by atoms with Crippen molar-refractivity contribution < 1.29 is 4.74 Å². The molecule has 0 N–H and O–H groups in total. The molecule has 2 heteroatoms. The molecule has 82 valence electrons. The number of rotatable bonds is 4. The van der Waals surface area contributed by atoms with Crippen LogP contribution >= 0.6 is 0 Å². The number of ether oxygens (including phenoxy) is 1. The lowest BCUT2D eigenvalue weighted by Crippen LogP contribution is -2.17. The summed E-state index contributed by atoms with van der Waals surface area (Å²) in [5.74, 6) is 0.998. The van der Waals surface area contributed by atoms with Gasteiger partial charge in [-0.05, 0) is 12.1 Å². The quantitative estimate of drug-likeness (QED) is 0.550. The lowest BCUT2D eigenvalue weighted by atomic mass is 10.2. The first kappa shape index (κ1) is 12.0. The zero-order valence-electron chi connectivity index (χ0n) is 10.1. The summed E-state index contributed by atoms with van der Waals surface area (Å²) in [6.45, 7) is 7.09. The molecule has 0 saturated heterocycles. The third-order valence-corrected chi connectivity index (χ3v) is 3.61. The van der Waals surface area contributed by atoms with Gasteiger partial charge in [0.15, 0.2) is 0 Å². The molecule has 0 aliphatic heterocycles. The van der Waals surface area contributed by atoms with Gasteiger partial charge in [0.25, 0.3) is 0 Å². The Kier molecular flexibility index (Phi) is 4.15. The van der Waals surface area contributed by atoms with Crippen LogP contribution in [0.2, 0.25) is 25.7 Å². The second-order valence-corrected chi connectivity index (χ2v) is 10.4. The Balaban J connectivity index is 2.81. The molecule has 1 aromatic rings. The van der Waals surface area contributed by atoms with Crippen LogP contribution in [0.15, 0.2) is 36.4 Å². The molecule has 0 bridgehead atoms. The SMILES string of the molecule is CO/C(=C/C[Si](C)(C)C)c1ccccc1. The summed E-state index contributed by atoms with van der Waals surface area (Å²) in [7, 11) is 0.714. The van der Waals surface area contributed by atoms with Crippen LogP contribution in [0, 0.1) is 0 Å². The van der Waals surface area contributed by atoms with E-state index < -0.39 is 8.07 Å². The largest absolute Gasteiger partial charge is 0.496 e. The van der Waals surface area contributed by atoms with Crippen molar-refractivity contribution in [2.24, 2.45) is 0 Å². The lowest BCUT2D eigenvalue weighted by molar-refractivity contribution is 0.369. The highest BCUT2D eigenvalue weighted by atomic mass is 28.3. The van der Waals surface area contributed by atoms with E-state index in [0.717, 1.165) is 11.8 Å². The van der Waals surface area contributed by atoms with Gasteiger partial charge in [0.1, 0.15) is 5.76 Å². The number of benzene rings is 1. The molecule has 0 amide bonds. The molecule has 0 saturated carbocycles. The van der Waals surface area contributed by atoms with E-state index in [4.69, 9.17) is 4.74 Å². The fourth-order valence-electron chi connectivity index (χ4n) is 1.32. The molecule has 15 heavy (non-hydrogen) atoms. The maximum Gasteiger partial charge on any atom is 0.121 e. The Bertz CT molecular complexity index is 322. The second-order valence-electron chi connectivity index (χ2n) is 4.90. The van der Waals surface area contributed by atoms with Crippen molar-refractivity contribution in [2.75, 3.05) is 7.11 Å². The average Bonchev–Trinajstić information content (AvgIpc) is 2.19. The van der Waals surface area contributed by atoms with Crippen LogP contribution in [0.4, 0.5) is 0 Å². The summed E-state index contributed by atoms with van der Waals surface area (Å²) in [6.07, 6.45) is 2.22. The van der Waals surface area contributed by atoms with Crippen LogP contribution in [0.3, 0.4) is 0 Å². The van der Waals surface area contributed by atoms with Crippen LogP contribution in [-0.4, -0.2) is 15.2 Å². The Labute approximate surface area is 93.8 Å². The fraction of sp³-hybridized carbons (Fsp3) is 0.385. The monoisotopic (exact) mass is 220 g/mol. The molecule has 0 heterocycles. The highest BCUT2D eigenvalue weighted by Crippen LogP contribution is 2.18. The summed E-state index contributed by atoms with van der Waals surface area (Å²) < 4.78 is 5.42. The minimum absolute atomic E-state index is 0.998. The van der Waals surface area contributed by atoms with Gasteiger partial charge in [-0.2, -0.15) is 0 Å². The zero-order valence-corrected chi connectivity index (χ0v) is 11.1. The summed E-state index contributed by atoms with van der Waals surface area (Å²) in [6, 6.07) is 11.4. The van der Waals surface area contributed by atoms with Crippen LogP contribution in [0.25, 0.3) is 5.76 Å². The topological polar surface area (TPSA) is 9.23 Å². The van der Waals surface area contributed by atoms with Crippen LogP contribution in [0.5, 0.6) is 0 Å². The molecule has 0 fully saturated rings. The van der Waals surface area contributed by atoms with Crippen molar-refractivity contribution in [1.82, 2.24) is 0 Å². The van der Waals surface area contributed by atoms with Gasteiger partial charge in [0.2, 0.25) is 0 Å². The average molecular weight is 220 g/mol. The molecule has 0 aliphatic rings. The van der Waals surface area contributed by atoms with Crippen molar-refractivity contribution in [2.45, 2.75) is 25.7 Å². The van der Waals surface area contributed by atoms with Crippen LogP contribution in [-0.2, 0) is 4.74 Å². The van der Waals surface area contributed by atoms with Gasteiger partial charge in [-0.15, -0.1) is 0 Å². The van der Waals surface area contributed by atoms with E-state index in [0.29, 0.717) is 0 Å². The molecule has 0 aromatic heterocycles. The highest BCUT2D eigenvalue weighted by Gasteiger charge is 2.11. The fourth-order valence-corrected chi connectivity index (χ4v) is 2.12. The minimum Gasteiger partial charge on any atom is -0.496 e. The molecular formula is C13H20OSi. The lowest BCUT2D eigenvalue weighted by Gasteiger charge is -2.14. The Hall–Kier alpha value is -1.02. The first-order valence-electron chi connectivity index (χ1n) is 5.32. The van der Waals surface area contributed by atoms with Crippen molar-refractivity contribution in [3.8, 4) is 0 Å². The Morgan fingerprint density at radius 1 is 1.20 bits per heavy atom. The predicted molar refractivity (Wildman–Crippen MR) is 69.6 cm³/mol. The molecular weight excluding hydrogens is 200 g/mol. The summed E-state index contributed by atoms with van der Waals surface area (Å²) in [5, 5.41) is 0. The first-order valence-corrected chi connectivity index (χ1v) is 9.03. The van der Waals surface area contributed by atoms with E-state index in [9.17, 15) is 0 Å². The van der Waals surface area contributed by atoms with Gasteiger partial charge in [0, 0.05) is 13.6 Å². The van der Waals surface area contributed by atoms with Crippen molar-refractivity contribution >= 4 is 13.8 Å². The highest BCUT2D eigenvalue weighted by molar-refractivity contribution is 6.76. The zero-order chi connectivity index (χ0) is 11.3.